The lowest BCUT2D eigenvalue weighted by molar-refractivity contribution is 0.608. The van der Waals surface area contributed by atoms with E-state index in [1.165, 1.54) is 5.82 Å². The van der Waals surface area contributed by atoms with E-state index in [2.05, 4.69) is 30.3 Å². The van der Waals surface area contributed by atoms with Gasteiger partial charge in [-0.3, -0.25) is 0 Å². The van der Waals surface area contributed by atoms with Crippen molar-refractivity contribution in [1.29, 1.82) is 0 Å². The zero-order chi connectivity index (χ0) is 8.27. The Labute approximate surface area is 68.3 Å². The van der Waals surface area contributed by atoms with E-state index in [1.54, 1.807) is 0 Å². The van der Waals surface area contributed by atoms with Crippen LogP contribution in [-0.4, -0.2) is 9.55 Å². The summed E-state index contributed by atoms with van der Waals surface area (Å²) in [7, 11) is 0. The summed E-state index contributed by atoms with van der Waals surface area (Å²) in [4.78, 5) is 4.32. The largest absolute Gasteiger partial charge is 0.335 e. The van der Waals surface area contributed by atoms with Gasteiger partial charge in [0.15, 0.2) is 0 Å². The molecule has 2 heteroatoms. The van der Waals surface area contributed by atoms with Crippen LogP contribution in [-0.2, 0) is 6.54 Å². The zero-order valence-electron chi connectivity index (χ0n) is 7.54. The lowest BCUT2D eigenvalue weighted by atomic mass is 10.1. The van der Waals surface area contributed by atoms with Crippen molar-refractivity contribution in [3.8, 4) is 0 Å². The first-order valence-corrected chi connectivity index (χ1v) is 4.30. The Balaban J connectivity index is 2.83. The minimum Gasteiger partial charge on any atom is -0.335 e. The Hall–Kier alpha value is -0.790. The molecular formula is C9H16N2. The van der Waals surface area contributed by atoms with Crippen LogP contribution in [0.4, 0.5) is 0 Å². The molecule has 0 saturated heterocycles. The highest BCUT2D eigenvalue weighted by Gasteiger charge is 2.07. The summed E-state index contributed by atoms with van der Waals surface area (Å²) in [5.41, 5.74) is 0. The molecule has 0 aromatic carbocycles. The van der Waals surface area contributed by atoms with Gasteiger partial charge in [-0.15, -0.1) is 0 Å². The Bertz CT molecular complexity index is 215. The molecule has 1 aromatic rings. The fourth-order valence-corrected chi connectivity index (χ4v) is 1.20. The molecule has 1 unspecified atom stereocenters. The number of hydrogen-bond donors (Lipinski definition) is 0. The number of aromatic nitrogens is 2. The second-order valence-electron chi connectivity index (χ2n) is 2.88. The molecule has 62 valence electrons. The third-order valence-electron chi connectivity index (χ3n) is 2.14. The van der Waals surface area contributed by atoms with Gasteiger partial charge in [0.25, 0.3) is 0 Å². The van der Waals surface area contributed by atoms with Crippen LogP contribution < -0.4 is 0 Å². The van der Waals surface area contributed by atoms with E-state index in [-0.39, 0.29) is 0 Å². The molecule has 0 aliphatic carbocycles. The minimum atomic E-state index is 0.588. The van der Waals surface area contributed by atoms with Crippen molar-refractivity contribution >= 4 is 0 Å². The van der Waals surface area contributed by atoms with Gasteiger partial charge in [-0.1, -0.05) is 13.8 Å². The molecule has 0 bridgehead atoms. The van der Waals surface area contributed by atoms with Gasteiger partial charge >= 0.3 is 0 Å². The van der Waals surface area contributed by atoms with Gasteiger partial charge in [-0.05, 0) is 13.3 Å². The average molecular weight is 152 g/mol. The number of aryl methyl sites for hydroxylation is 1. The number of rotatable bonds is 3. The van der Waals surface area contributed by atoms with Crippen LogP contribution in [0.25, 0.3) is 0 Å². The second-order valence-corrected chi connectivity index (χ2v) is 2.88. The van der Waals surface area contributed by atoms with Gasteiger partial charge in [-0.2, -0.15) is 0 Å². The highest BCUT2D eigenvalue weighted by molar-refractivity contribution is 4.98. The molecule has 0 N–H and O–H groups in total. The maximum Gasteiger partial charge on any atom is 0.111 e. The summed E-state index contributed by atoms with van der Waals surface area (Å²) in [5, 5.41) is 0. The molecule has 0 aliphatic rings. The molecule has 11 heavy (non-hydrogen) atoms. The quantitative estimate of drug-likeness (QED) is 0.650. The van der Waals surface area contributed by atoms with Crippen molar-refractivity contribution in [2.24, 2.45) is 0 Å². The molecule has 1 rings (SSSR count). The van der Waals surface area contributed by atoms with Crippen molar-refractivity contribution in [3.05, 3.63) is 18.2 Å². The monoisotopic (exact) mass is 152 g/mol. The third kappa shape index (κ3) is 1.62. The predicted molar refractivity (Wildman–Crippen MR) is 46.6 cm³/mol. The standard InChI is InChI=1S/C9H16N2/c1-4-8(3)9-10-6-7-11(9)5-2/h6-8H,4-5H2,1-3H3. The van der Waals surface area contributed by atoms with Crippen LogP contribution >= 0.6 is 0 Å². The van der Waals surface area contributed by atoms with Crippen LogP contribution in [0.15, 0.2) is 12.4 Å². The maximum absolute atomic E-state index is 4.32. The van der Waals surface area contributed by atoms with Gasteiger partial charge in [0.05, 0.1) is 0 Å². The van der Waals surface area contributed by atoms with Crippen molar-refractivity contribution in [3.63, 3.8) is 0 Å². The molecule has 2 nitrogen and oxygen atoms in total. The van der Waals surface area contributed by atoms with Gasteiger partial charge in [0.2, 0.25) is 0 Å². The Morgan fingerprint density at radius 3 is 2.82 bits per heavy atom. The molecule has 0 aliphatic heterocycles. The van der Waals surface area contributed by atoms with E-state index in [1.807, 2.05) is 12.4 Å². The first-order valence-electron chi connectivity index (χ1n) is 4.30. The Morgan fingerprint density at radius 2 is 2.27 bits per heavy atom. The normalized spacial score (nSPS) is 13.4. The van der Waals surface area contributed by atoms with Gasteiger partial charge in [0.1, 0.15) is 5.82 Å². The minimum absolute atomic E-state index is 0.588. The van der Waals surface area contributed by atoms with Crippen LogP contribution in [0, 0.1) is 0 Å². The van der Waals surface area contributed by atoms with Gasteiger partial charge in [0, 0.05) is 24.9 Å². The van der Waals surface area contributed by atoms with E-state index >= 15 is 0 Å². The molecule has 0 saturated carbocycles. The van der Waals surface area contributed by atoms with Crippen molar-refractivity contribution in [1.82, 2.24) is 9.55 Å². The highest BCUT2D eigenvalue weighted by atomic mass is 15.1. The predicted octanol–water partition coefficient (Wildman–Crippen LogP) is 2.42. The topological polar surface area (TPSA) is 17.8 Å². The van der Waals surface area contributed by atoms with Crippen molar-refractivity contribution in [2.75, 3.05) is 0 Å². The van der Waals surface area contributed by atoms with Crippen LogP contribution in [0.3, 0.4) is 0 Å². The van der Waals surface area contributed by atoms with Gasteiger partial charge < -0.3 is 4.57 Å². The van der Waals surface area contributed by atoms with E-state index in [4.69, 9.17) is 0 Å². The summed E-state index contributed by atoms with van der Waals surface area (Å²) in [6, 6.07) is 0. The van der Waals surface area contributed by atoms with Crippen LogP contribution in [0.5, 0.6) is 0 Å². The van der Waals surface area contributed by atoms with Crippen molar-refractivity contribution in [2.45, 2.75) is 39.7 Å². The lowest BCUT2D eigenvalue weighted by Gasteiger charge is -2.09. The summed E-state index contributed by atoms with van der Waals surface area (Å²) in [5.74, 6) is 1.81. The van der Waals surface area contributed by atoms with Crippen LogP contribution in [0.1, 0.15) is 38.9 Å². The van der Waals surface area contributed by atoms with E-state index < -0.39 is 0 Å². The average Bonchev–Trinajstić information content (AvgIpc) is 2.50. The molecular weight excluding hydrogens is 136 g/mol. The molecule has 1 atom stereocenters. The lowest BCUT2D eigenvalue weighted by Crippen LogP contribution is -2.04. The summed E-state index contributed by atoms with van der Waals surface area (Å²) >= 11 is 0. The zero-order valence-corrected chi connectivity index (χ0v) is 7.54. The summed E-state index contributed by atoms with van der Waals surface area (Å²) in [6.07, 6.45) is 5.09. The fraction of sp³-hybridized carbons (Fsp3) is 0.667. The fourth-order valence-electron chi connectivity index (χ4n) is 1.20. The first-order chi connectivity index (χ1) is 5.29. The molecule has 1 aromatic heterocycles. The molecule has 0 spiro atoms. The second kappa shape index (κ2) is 3.56. The Morgan fingerprint density at radius 1 is 1.55 bits per heavy atom. The third-order valence-corrected chi connectivity index (χ3v) is 2.14. The number of hydrogen-bond acceptors (Lipinski definition) is 1. The van der Waals surface area contributed by atoms with Crippen LogP contribution in [0.2, 0.25) is 0 Å². The van der Waals surface area contributed by atoms with E-state index in [0.29, 0.717) is 5.92 Å². The molecule has 0 fully saturated rings. The molecule has 0 radical (unpaired) electrons. The first kappa shape index (κ1) is 8.31. The summed E-state index contributed by atoms with van der Waals surface area (Å²) < 4.78 is 2.20. The molecule has 1 heterocycles. The number of nitrogens with zero attached hydrogens (tertiary/aromatic N) is 2. The summed E-state index contributed by atoms with van der Waals surface area (Å²) in [6.45, 7) is 7.58. The van der Waals surface area contributed by atoms with E-state index in [0.717, 1.165) is 13.0 Å². The SMILES string of the molecule is CCC(C)c1nccn1CC. The van der Waals surface area contributed by atoms with E-state index in [9.17, 15) is 0 Å². The maximum atomic E-state index is 4.32. The van der Waals surface area contributed by atoms with Gasteiger partial charge in [-0.25, -0.2) is 4.98 Å². The Kier molecular flexibility index (Phi) is 2.69. The smallest absolute Gasteiger partial charge is 0.111 e. The highest BCUT2D eigenvalue weighted by Crippen LogP contribution is 2.15. The van der Waals surface area contributed by atoms with Crippen molar-refractivity contribution < 1.29 is 0 Å². The molecule has 0 amide bonds. The number of imidazole rings is 1.